The molecule has 0 radical (unpaired) electrons. The van der Waals surface area contributed by atoms with Crippen LogP contribution in [0.2, 0.25) is 0 Å². The number of hydrogen-bond acceptors (Lipinski definition) is 3. The highest BCUT2D eigenvalue weighted by Gasteiger charge is 2.12. The van der Waals surface area contributed by atoms with Crippen molar-refractivity contribution in [2.24, 2.45) is 4.99 Å². The lowest BCUT2D eigenvalue weighted by Crippen LogP contribution is -2.04. The SMILES string of the molecule is O=Cc1ccccc1C1=NCCO1. The molecule has 1 aliphatic rings. The quantitative estimate of drug-likeness (QED) is 0.635. The fraction of sp³-hybridized carbons (Fsp3) is 0.200. The highest BCUT2D eigenvalue weighted by Crippen LogP contribution is 2.11. The van der Waals surface area contributed by atoms with Crippen LogP contribution >= 0.6 is 0 Å². The van der Waals surface area contributed by atoms with Crippen LogP contribution in [0.5, 0.6) is 0 Å². The fourth-order valence-electron chi connectivity index (χ4n) is 1.29. The van der Waals surface area contributed by atoms with Gasteiger partial charge in [0.15, 0.2) is 6.29 Å². The number of aldehydes is 1. The van der Waals surface area contributed by atoms with Gasteiger partial charge >= 0.3 is 0 Å². The van der Waals surface area contributed by atoms with Crippen molar-refractivity contribution in [1.82, 2.24) is 0 Å². The van der Waals surface area contributed by atoms with Gasteiger partial charge in [-0.3, -0.25) is 4.79 Å². The van der Waals surface area contributed by atoms with Crippen molar-refractivity contribution < 1.29 is 9.53 Å². The second kappa shape index (κ2) is 3.39. The van der Waals surface area contributed by atoms with Gasteiger partial charge < -0.3 is 4.74 Å². The van der Waals surface area contributed by atoms with Crippen LogP contribution in [-0.2, 0) is 4.74 Å². The molecule has 0 aromatic heterocycles. The van der Waals surface area contributed by atoms with E-state index in [4.69, 9.17) is 4.74 Å². The second-order valence-electron chi connectivity index (χ2n) is 2.74. The van der Waals surface area contributed by atoms with Crippen LogP contribution in [0, 0.1) is 0 Å². The molecule has 0 unspecified atom stereocenters. The molecule has 0 fully saturated rings. The first kappa shape index (κ1) is 7.98. The van der Waals surface area contributed by atoms with E-state index >= 15 is 0 Å². The van der Waals surface area contributed by atoms with Gasteiger partial charge in [-0.25, -0.2) is 4.99 Å². The molecule has 0 spiro atoms. The van der Waals surface area contributed by atoms with Crippen molar-refractivity contribution >= 4 is 12.2 Å². The summed E-state index contributed by atoms with van der Waals surface area (Å²) in [4.78, 5) is 14.8. The molecule has 0 atom stereocenters. The largest absolute Gasteiger partial charge is 0.475 e. The summed E-state index contributed by atoms with van der Waals surface area (Å²) in [6, 6.07) is 7.29. The molecule has 0 bridgehead atoms. The zero-order valence-electron chi connectivity index (χ0n) is 7.06. The minimum atomic E-state index is 0.586. The Morgan fingerprint density at radius 2 is 2.23 bits per heavy atom. The van der Waals surface area contributed by atoms with Crippen LogP contribution in [0.1, 0.15) is 15.9 Å². The second-order valence-corrected chi connectivity index (χ2v) is 2.74. The van der Waals surface area contributed by atoms with Gasteiger partial charge in [-0.1, -0.05) is 18.2 Å². The highest BCUT2D eigenvalue weighted by atomic mass is 16.5. The number of aliphatic imine (C=N–C) groups is 1. The highest BCUT2D eigenvalue weighted by molar-refractivity contribution is 6.01. The predicted octanol–water partition coefficient (Wildman–Crippen LogP) is 1.28. The number of hydrogen-bond donors (Lipinski definition) is 0. The van der Waals surface area contributed by atoms with E-state index < -0.39 is 0 Å². The smallest absolute Gasteiger partial charge is 0.216 e. The number of ether oxygens (including phenoxy) is 1. The summed E-state index contributed by atoms with van der Waals surface area (Å²) >= 11 is 0. The summed E-state index contributed by atoms with van der Waals surface area (Å²) in [6.07, 6.45) is 0.819. The summed E-state index contributed by atoms with van der Waals surface area (Å²) < 4.78 is 5.27. The van der Waals surface area contributed by atoms with E-state index in [0.717, 1.165) is 11.8 Å². The molecule has 0 saturated carbocycles. The van der Waals surface area contributed by atoms with E-state index in [1.807, 2.05) is 18.2 Å². The molecule has 3 heteroatoms. The molecular weight excluding hydrogens is 166 g/mol. The maximum atomic E-state index is 10.7. The Morgan fingerprint density at radius 3 is 2.92 bits per heavy atom. The minimum absolute atomic E-state index is 0.586. The molecule has 0 N–H and O–H groups in total. The zero-order chi connectivity index (χ0) is 9.10. The standard InChI is InChI=1S/C10H9NO2/c12-7-8-3-1-2-4-9(8)10-11-5-6-13-10/h1-4,7H,5-6H2. The van der Waals surface area contributed by atoms with E-state index in [0.29, 0.717) is 24.6 Å². The molecule has 0 saturated heterocycles. The third-order valence-electron chi connectivity index (χ3n) is 1.90. The third kappa shape index (κ3) is 1.45. The normalized spacial score (nSPS) is 14.9. The molecule has 2 rings (SSSR count). The lowest BCUT2D eigenvalue weighted by molar-refractivity contribution is 0.112. The van der Waals surface area contributed by atoms with Crippen LogP contribution in [0.3, 0.4) is 0 Å². The summed E-state index contributed by atoms with van der Waals surface area (Å²) in [5.41, 5.74) is 1.41. The monoisotopic (exact) mass is 175 g/mol. The van der Waals surface area contributed by atoms with E-state index in [1.165, 1.54) is 0 Å². The van der Waals surface area contributed by atoms with Crippen LogP contribution < -0.4 is 0 Å². The van der Waals surface area contributed by atoms with Crippen LogP contribution in [0.4, 0.5) is 0 Å². The Labute approximate surface area is 76.1 Å². The molecular formula is C10H9NO2. The number of rotatable bonds is 2. The minimum Gasteiger partial charge on any atom is -0.475 e. The van der Waals surface area contributed by atoms with Gasteiger partial charge in [-0.05, 0) is 6.07 Å². The Balaban J connectivity index is 2.43. The molecule has 0 aliphatic carbocycles. The van der Waals surface area contributed by atoms with E-state index in [1.54, 1.807) is 6.07 Å². The van der Waals surface area contributed by atoms with Gasteiger partial charge in [0.25, 0.3) is 0 Å². The molecule has 1 aliphatic heterocycles. The Kier molecular flexibility index (Phi) is 2.08. The molecule has 0 amide bonds. The topological polar surface area (TPSA) is 38.7 Å². The summed E-state index contributed by atoms with van der Waals surface area (Å²) in [5, 5.41) is 0. The Hall–Kier alpha value is -1.64. The van der Waals surface area contributed by atoms with Gasteiger partial charge in [-0.15, -0.1) is 0 Å². The van der Waals surface area contributed by atoms with Gasteiger partial charge in [0, 0.05) is 11.1 Å². The molecule has 13 heavy (non-hydrogen) atoms. The molecule has 66 valence electrons. The number of carbonyl (C=O) groups is 1. The van der Waals surface area contributed by atoms with Gasteiger partial charge in [-0.2, -0.15) is 0 Å². The van der Waals surface area contributed by atoms with Crippen LogP contribution in [0.25, 0.3) is 0 Å². The fourth-order valence-corrected chi connectivity index (χ4v) is 1.29. The average molecular weight is 175 g/mol. The first-order chi connectivity index (χ1) is 6.42. The van der Waals surface area contributed by atoms with Crippen molar-refractivity contribution in [3.05, 3.63) is 35.4 Å². The zero-order valence-corrected chi connectivity index (χ0v) is 7.06. The number of carbonyl (C=O) groups excluding carboxylic acids is 1. The number of benzene rings is 1. The summed E-state index contributed by atoms with van der Waals surface area (Å²) in [6.45, 7) is 1.30. The first-order valence-electron chi connectivity index (χ1n) is 4.13. The lowest BCUT2D eigenvalue weighted by Gasteiger charge is -2.03. The molecule has 3 nitrogen and oxygen atoms in total. The molecule has 1 heterocycles. The first-order valence-corrected chi connectivity index (χ1v) is 4.13. The van der Waals surface area contributed by atoms with Crippen molar-refractivity contribution in [2.45, 2.75) is 0 Å². The Bertz CT molecular complexity index is 358. The Morgan fingerprint density at radius 1 is 1.38 bits per heavy atom. The lowest BCUT2D eigenvalue weighted by atomic mass is 10.1. The van der Waals surface area contributed by atoms with E-state index in [9.17, 15) is 4.79 Å². The van der Waals surface area contributed by atoms with Crippen molar-refractivity contribution in [3.63, 3.8) is 0 Å². The number of nitrogens with zero attached hydrogens (tertiary/aromatic N) is 1. The van der Waals surface area contributed by atoms with Crippen LogP contribution in [0.15, 0.2) is 29.3 Å². The van der Waals surface area contributed by atoms with E-state index in [-0.39, 0.29) is 0 Å². The van der Waals surface area contributed by atoms with Crippen molar-refractivity contribution in [1.29, 1.82) is 0 Å². The van der Waals surface area contributed by atoms with Crippen molar-refractivity contribution in [3.8, 4) is 0 Å². The summed E-state index contributed by atoms with van der Waals surface area (Å²) in [7, 11) is 0. The van der Waals surface area contributed by atoms with Crippen LogP contribution in [-0.4, -0.2) is 25.3 Å². The molecule has 1 aromatic rings. The van der Waals surface area contributed by atoms with Gasteiger partial charge in [0.05, 0.1) is 6.54 Å². The molecule has 1 aromatic carbocycles. The van der Waals surface area contributed by atoms with Crippen molar-refractivity contribution in [2.75, 3.05) is 13.2 Å². The average Bonchev–Trinajstić information content (AvgIpc) is 2.70. The predicted molar refractivity (Wildman–Crippen MR) is 49.2 cm³/mol. The third-order valence-corrected chi connectivity index (χ3v) is 1.90. The van der Waals surface area contributed by atoms with Gasteiger partial charge in [0.2, 0.25) is 5.90 Å². The maximum absolute atomic E-state index is 10.7. The van der Waals surface area contributed by atoms with E-state index in [2.05, 4.69) is 4.99 Å². The van der Waals surface area contributed by atoms with Gasteiger partial charge in [0.1, 0.15) is 6.61 Å². The summed E-state index contributed by atoms with van der Waals surface area (Å²) in [5.74, 6) is 0.586. The maximum Gasteiger partial charge on any atom is 0.216 e.